The Morgan fingerprint density at radius 1 is 1.23 bits per heavy atom. The van der Waals surface area contributed by atoms with Gasteiger partial charge in [0.2, 0.25) is 0 Å². The average molecular weight is 308 g/mol. The third-order valence-electron chi connectivity index (χ3n) is 4.46. The summed E-state index contributed by atoms with van der Waals surface area (Å²) in [5, 5.41) is 9.40. The van der Waals surface area contributed by atoms with Crippen LogP contribution in [-0.4, -0.2) is 68.5 Å². The van der Waals surface area contributed by atoms with Gasteiger partial charge in [0, 0.05) is 30.8 Å². The lowest BCUT2D eigenvalue weighted by Gasteiger charge is -2.37. The second-order valence-corrected chi connectivity index (χ2v) is 5.91. The van der Waals surface area contributed by atoms with Crippen molar-refractivity contribution in [3.8, 4) is 11.5 Å². The second-order valence-electron chi connectivity index (χ2n) is 5.91. The quantitative estimate of drug-likeness (QED) is 0.829. The van der Waals surface area contributed by atoms with E-state index in [0.717, 1.165) is 49.5 Å². The molecule has 0 atom stereocenters. The van der Waals surface area contributed by atoms with Crippen molar-refractivity contribution in [1.29, 1.82) is 0 Å². The molecule has 1 saturated heterocycles. The molecule has 1 heterocycles. The van der Waals surface area contributed by atoms with E-state index in [1.54, 1.807) is 14.2 Å². The number of nitrogens with zero attached hydrogens (tertiary/aromatic N) is 2. The van der Waals surface area contributed by atoms with E-state index < -0.39 is 0 Å². The molecule has 1 aromatic rings. The van der Waals surface area contributed by atoms with Crippen molar-refractivity contribution in [1.82, 2.24) is 9.80 Å². The number of likely N-dealkylation sites (tertiary alicyclic amines) is 1. The van der Waals surface area contributed by atoms with Crippen LogP contribution in [0.5, 0.6) is 11.5 Å². The van der Waals surface area contributed by atoms with E-state index in [1.165, 1.54) is 0 Å². The monoisotopic (exact) mass is 308 g/mol. The maximum absolute atomic E-state index is 9.40. The SMILES string of the molecule is COc1ccc(CN(CCO)C2CCN(C)CC2)c(OC)c1. The third kappa shape index (κ3) is 4.35. The first-order chi connectivity index (χ1) is 10.7. The summed E-state index contributed by atoms with van der Waals surface area (Å²) in [5.41, 5.74) is 1.13. The van der Waals surface area contributed by atoms with Crippen LogP contribution in [0.25, 0.3) is 0 Å². The maximum Gasteiger partial charge on any atom is 0.127 e. The molecule has 0 amide bonds. The molecule has 0 unspecified atom stereocenters. The van der Waals surface area contributed by atoms with Crippen LogP contribution in [0.15, 0.2) is 18.2 Å². The summed E-state index contributed by atoms with van der Waals surface area (Å²) in [4.78, 5) is 4.74. The molecule has 1 aliphatic rings. The molecule has 1 aliphatic heterocycles. The first-order valence-corrected chi connectivity index (χ1v) is 7.92. The van der Waals surface area contributed by atoms with Crippen LogP contribution in [0, 0.1) is 0 Å². The van der Waals surface area contributed by atoms with Crippen LogP contribution in [0.3, 0.4) is 0 Å². The van der Waals surface area contributed by atoms with Crippen molar-refractivity contribution in [3.05, 3.63) is 23.8 Å². The first-order valence-electron chi connectivity index (χ1n) is 7.92. The number of aliphatic hydroxyl groups is 1. The fourth-order valence-electron chi connectivity index (χ4n) is 3.08. The molecule has 22 heavy (non-hydrogen) atoms. The normalized spacial score (nSPS) is 17.0. The number of methoxy groups -OCH3 is 2. The molecule has 5 heteroatoms. The fourth-order valence-corrected chi connectivity index (χ4v) is 3.08. The van der Waals surface area contributed by atoms with E-state index in [9.17, 15) is 5.11 Å². The van der Waals surface area contributed by atoms with Crippen molar-refractivity contribution in [3.63, 3.8) is 0 Å². The summed E-state index contributed by atoms with van der Waals surface area (Å²) in [6.07, 6.45) is 2.30. The third-order valence-corrected chi connectivity index (χ3v) is 4.46. The number of ether oxygens (including phenoxy) is 2. The molecule has 1 N–H and O–H groups in total. The number of piperidine rings is 1. The molecule has 0 bridgehead atoms. The number of rotatable bonds is 7. The fraction of sp³-hybridized carbons (Fsp3) is 0.647. The van der Waals surface area contributed by atoms with Crippen molar-refractivity contribution < 1.29 is 14.6 Å². The highest BCUT2D eigenvalue weighted by Gasteiger charge is 2.23. The molecule has 2 rings (SSSR count). The molecule has 124 valence electrons. The van der Waals surface area contributed by atoms with Crippen LogP contribution < -0.4 is 9.47 Å². The van der Waals surface area contributed by atoms with Gasteiger partial charge in [-0.2, -0.15) is 0 Å². The lowest BCUT2D eigenvalue weighted by molar-refractivity contribution is 0.0934. The zero-order valence-electron chi connectivity index (χ0n) is 13.9. The average Bonchev–Trinajstić information content (AvgIpc) is 2.55. The van der Waals surface area contributed by atoms with Crippen molar-refractivity contribution >= 4 is 0 Å². The Bertz CT molecular complexity index is 459. The molecular weight excluding hydrogens is 280 g/mol. The maximum atomic E-state index is 9.40. The van der Waals surface area contributed by atoms with Gasteiger partial charge in [-0.15, -0.1) is 0 Å². The highest BCUT2D eigenvalue weighted by Crippen LogP contribution is 2.27. The Kier molecular flexibility index (Phi) is 6.49. The lowest BCUT2D eigenvalue weighted by Crippen LogP contribution is -2.44. The predicted octanol–water partition coefficient (Wildman–Crippen LogP) is 1.59. The van der Waals surface area contributed by atoms with Gasteiger partial charge in [-0.25, -0.2) is 0 Å². The number of hydrogen-bond acceptors (Lipinski definition) is 5. The molecular formula is C17H28N2O3. The van der Waals surface area contributed by atoms with Gasteiger partial charge in [0.25, 0.3) is 0 Å². The summed E-state index contributed by atoms with van der Waals surface area (Å²) in [6.45, 7) is 3.91. The van der Waals surface area contributed by atoms with E-state index >= 15 is 0 Å². The minimum Gasteiger partial charge on any atom is -0.497 e. The summed E-state index contributed by atoms with van der Waals surface area (Å²) in [7, 11) is 5.51. The Morgan fingerprint density at radius 3 is 2.55 bits per heavy atom. The Labute approximate surface area is 133 Å². The van der Waals surface area contributed by atoms with Crippen molar-refractivity contribution in [2.45, 2.75) is 25.4 Å². The van der Waals surface area contributed by atoms with Gasteiger partial charge >= 0.3 is 0 Å². The topological polar surface area (TPSA) is 45.2 Å². The Hall–Kier alpha value is -1.30. The summed E-state index contributed by atoms with van der Waals surface area (Å²) in [5.74, 6) is 1.64. The molecule has 1 fully saturated rings. The van der Waals surface area contributed by atoms with Crippen LogP contribution in [-0.2, 0) is 6.54 Å². The molecule has 1 aromatic carbocycles. The zero-order chi connectivity index (χ0) is 15.9. The standard InChI is InChI=1S/C17H28N2O3/c1-18-8-6-15(7-9-18)19(10-11-20)13-14-4-5-16(21-2)12-17(14)22-3/h4-5,12,15,20H,6-11,13H2,1-3H3. The van der Waals surface area contributed by atoms with E-state index in [4.69, 9.17) is 9.47 Å². The second kappa shape index (κ2) is 8.36. The Morgan fingerprint density at radius 2 is 1.95 bits per heavy atom. The van der Waals surface area contributed by atoms with E-state index in [1.807, 2.05) is 12.1 Å². The van der Waals surface area contributed by atoms with E-state index in [2.05, 4.69) is 22.9 Å². The molecule has 0 spiro atoms. The first kappa shape index (κ1) is 17.1. The van der Waals surface area contributed by atoms with E-state index in [-0.39, 0.29) is 6.61 Å². The number of hydrogen-bond donors (Lipinski definition) is 1. The van der Waals surface area contributed by atoms with Gasteiger partial charge in [-0.3, -0.25) is 4.90 Å². The number of aliphatic hydroxyl groups excluding tert-OH is 1. The van der Waals surface area contributed by atoms with Crippen LogP contribution in [0.1, 0.15) is 18.4 Å². The molecule has 0 saturated carbocycles. The summed E-state index contributed by atoms with van der Waals surface area (Å²) < 4.78 is 10.7. The van der Waals surface area contributed by atoms with Gasteiger partial charge in [0.15, 0.2) is 0 Å². The minimum atomic E-state index is 0.185. The minimum absolute atomic E-state index is 0.185. The summed E-state index contributed by atoms with van der Waals surface area (Å²) in [6, 6.07) is 6.46. The smallest absolute Gasteiger partial charge is 0.127 e. The largest absolute Gasteiger partial charge is 0.497 e. The zero-order valence-corrected chi connectivity index (χ0v) is 13.9. The molecule has 0 aromatic heterocycles. The van der Waals surface area contributed by atoms with Gasteiger partial charge < -0.3 is 19.5 Å². The predicted molar refractivity (Wildman–Crippen MR) is 87.6 cm³/mol. The van der Waals surface area contributed by atoms with Gasteiger partial charge in [-0.05, 0) is 39.0 Å². The van der Waals surface area contributed by atoms with Crippen molar-refractivity contribution in [2.24, 2.45) is 0 Å². The van der Waals surface area contributed by atoms with Crippen molar-refractivity contribution in [2.75, 3.05) is 47.5 Å². The number of benzene rings is 1. The van der Waals surface area contributed by atoms with Gasteiger partial charge in [0.05, 0.1) is 20.8 Å². The lowest BCUT2D eigenvalue weighted by atomic mass is 10.0. The summed E-state index contributed by atoms with van der Waals surface area (Å²) >= 11 is 0. The van der Waals surface area contributed by atoms with Crippen LogP contribution >= 0.6 is 0 Å². The Balaban J connectivity index is 2.10. The highest BCUT2D eigenvalue weighted by atomic mass is 16.5. The van der Waals surface area contributed by atoms with Gasteiger partial charge in [-0.1, -0.05) is 6.07 Å². The van der Waals surface area contributed by atoms with Gasteiger partial charge in [0.1, 0.15) is 11.5 Å². The van der Waals surface area contributed by atoms with E-state index in [0.29, 0.717) is 12.6 Å². The van der Waals surface area contributed by atoms with Crippen LogP contribution in [0.4, 0.5) is 0 Å². The highest BCUT2D eigenvalue weighted by molar-refractivity contribution is 5.40. The van der Waals surface area contributed by atoms with Crippen LogP contribution in [0.2, 0.25) is 0 Å². The molecule has 0 radical (unpaired) electrons. The molecule has 5 nitrogen and oxygen atoms in total. The molecule has 0 aliphatic carbocycles.